The zero-order valence-electron chi connectivity index (χ0n) is 21.2. The van der Waals surface area contributed by atoms with Gasteiger partial charge in [0.05, 0.1) is 6.61 Å². The lowest BCUT2D eigenvalue weighted by atomic mass is 9.97. The van der Waals surface area contributed by atoms with Gasteiger partial charge in [0.1, 0.15) is 11.9 Å². The zero-order chi connectivity index (χ0) is 25.9. The van der Waals surface area contributed by atoms with Gasteiger partial charge in [-0.25, -0.2) is 4.79 Å². The molecule has 1 aliphatic heterocycles. The van der Waals surface area contributed by atoms with E-state index in [2.05, 4.69) is 10.3 Å². The Kier molecular flexibility index (Phi) is 9.17. The number of hydrogen-bond acceptors (Lipinski definition) is 6. The number of aliphatic hydroxyl groups excluding tert-OH is 1. The van der Waals surface area contributed by atoms with Crippen molar-refractivity contribution in [3.05, 3.63) is 22.7 Å². The highest BCUT2D eigenvalue weighted by Crippen LogP contribution is 2.43. The molecule has 3 atom stereocenters. The molecule has 1 aromatic heterocycles. The van der Waals surface area contributed by atoms with E-state index in [0.29, 0.717) is 17.4 Å². The molecule has 0 bridgehead atoms. The number of carbonyl (C=O) groups is 1. The molecule has 1 aliphatic rings. The minimum absolute atomic E-state index is 0.0110. The van der Waals surface area contributed by atoms with Crippen molar-refractivity contribution in [2.45, 2.75) is 103 Å². The third kappa shape index (κ3) is 6.29. The lowest BCUT2D eigenvalue weighted by Gasteiger charge is -2.37. The number of aromatic nitrogens is 2. The number of nitrogens with zero attached hydrogens (tertiary/aromatic N) is 2. The first kappa shape index (κ1) is 28.5. The maximum absolute atomic E-state index is 14.9. The fourth-order valence-electron chi connectivity index (χ4n) is 3.61. The molecule has 0 aliphatic carbocycles. The van der Waals surface area contributed by atoms with Crippen LogP contribution < -0.4 is 11.0 Å². The Hall–Kier alpha value is -1.69. The van der Waals surface area contributed by atoms with Gasteiger partial charge in [0.2, 0.25) is 12.1 Å². The van der Waals surface area contributed by atoms with Crippen LogP contribution in [-0.4, -0.2) is 53.6 Å². The summed E-state index contributed by atoms with van der Waals surface area (Å²) in [6.45, 7) is 13.7. The van der Waals surface area contributed by atoms with Crippen molar-refractivity contribution in [3.63, 3.8) is 0 Å². The quantitative estimate of drug-likeness (QED) is 0.461. The maximum Gasteiger partial charge on any atom is 0.351 e. The van der Waals surface area contributed by atoms with E-state index in [4.69, 9.17) is 9.16 Å². The molecule has 194 valence electrons. The molecule has 0 unspecified atom stereocenters. The van der Waals surface area contributed by atoms with E-state index in [-0.39, 0.29) is 29.3 Å². The Morgan fingerprint density at radius 1 is 1.32 bits per heavy atom. The Balaban J connectivity index is 2.17. The smallest absolute Gasteiger partial charge is 0.351 e. The SMILES string of the molecule is CCCC(CCC)C(=O)Nc1ccn([C@@H]2O[C@H](CO[Si](C)(C)C(C)(C)C)[C@H](O)C2(F)F)c(=O)n1. The molecule has 1 aromatic rings. The summed E-state index contributed by atoms with van der Waals surface area (Å²) >= 11 is 0. The fourth-order valence-corrected chi connectivity index (χ4v) is 4.62. The van der Waals surface area contributed by atoms with Crippen molar-refractivity contribution >= 4 is 20.0 Å². The van der Waals surface area contributed by atoms with E-state index < -0.39 is 38.4 Å². The molecule has 2 N–H and O–H groups in total. The largest absolute Gasteiger partial charge is 0.414 e. The van der Waals surface area contributed by atoms with Crippen molar-refractivity contribution < 1.29 is 27.8 Å². The van der Waals surface area contributed by atoms with Crippen LogP contribution in [0, 0.1) is 5.92 Å². The second-order valence-corrected chi connectivity index (χ2v) is 15.3. The Morgan fingerprint density at radius 3 is 2.41 bits per heavy atom. The topological polar surface area (TPSA) is 103 Å². The summed E-state index contributed by atoms with van der Waals surface area (Å²) in [4.78, 5) is 28.8. The number of anilines is 1. The fraction of sp³-hybridized carbons (Fsp3) is 0.783. The first-order chi connectivity index (χ1) is 15.7. The number of halogens is 2. The summed E-state index contributed by atoms with van der Waals surface area (Å²) in [6, 6.07) is 1.28. The Bertz CT molecular complexity index is 897. The number of amides is 1. The normalized spacial score (nSPS) is 22.9. The van der Waals surface area contributed by atoms with Gasteiger partial charge in [-0.1, -0.05) is 47.5 Å². The van der Waals surface area contributed by atoms with Gasteiger partial charge >= 0.3 is 11.6 Å². The summed E-state index contributed by atoms with van der Waals surface area (Å²) < 4.78 is 41.8. The van der Waals surface area contributed by atoms with Gasteiger partial charge in [0.25, 0.3) is 0 Å². The van der Waals surface area contributed by atoms with Gasteiger partial charge < -0.3 is 19.6 Å². The Labute approximate surface area is 201 Å². The lowest BCUT2D eigenvalue weighted by Crippen LogP contribution is -2.45. The number of carbonyl (C=O) groups excluding carboxylic acids is 1. The molecular formula is C23H39F2N3O5Si. The second-order valence-electron chi connectivity index (χ2n) is 10.5. The molecule has 0 saturated carbocycles. The van der Waals surface area contributed by atoms with E-state index in [0.717, 1.165) is 19.0 Å². The van der Waals surface area contributed by atoms with Crippen molar-refractivity contribution in [2.75, 3.05) is 11.9 Å². The van der Waals surface area contributed by atoms with Crippen LogP contribution in [0.15, 0.2) is 17.1 Å². The molecule has 1 amide bonds. The zero-order valence-corrected chi connectivity index (χ0v) is 22.2. The van der Waals surface area contributed by atoms with Crippen LogP contribution in [0.1, 0.15) is 66.5 Å². The van der Waals surface area contributed by atoms with Gasteiger partial charge in [-0.3, -0.25) is 9.36 Å². The second kappa shape index (κ2) is 10.9. The third-order valence-electron chi connectivity index (χ3n) is 6.77. The van der Waals surface area contributed by atoms with Gasteiger partial charge in [0.15, 0.2) is 14.4 Å². The number of ether oxygens (including phenoxy) is 1. The van der Waals surface area contributed by atoms with Crippen molar-refractivity contribution in [1.29, 1.82) is 0 Å². The average Bonchev–Trinajstić information content (AvgIpc) is 2.95. The summed E-state index contributed by atoms with van der Waals surface area (Å²) in [7, 11) is -2.26. The third-order valence-corrected chi connectivity index (χ3v) is 11.3. The number of hydrogen-bond donors (Lipinski definition) is 2. The van der Waals surface area contributed by atoms with Crippen LogP contribution >= 0.6 is 0 Å². The van der Waals surface area contributed by atoms with Crippen LogP contribution in [0.3, 0.4) is 0 Å². The maximum atomic E-state index is 14.9. The minimum Gasteiger partial charge on any atom is -0.414 e. The first-order valence-corrected chi connectivity index (χ1v) is 14.8. The number of aliphatic hydroxyl groups is 1. The number of nitrogens with one attached hydrogen (secondary N) is 1. The van der Waals surface area contributed by atoms with E-state index in [1.807, 2.05) is 47.7 Å². The first-order valence-electron chi connectivity index (χ1n) is 11.9. The van der Waals surface area contributed by atoms with Crippen molar-refractivity contribution in [3.8, 4) is 0 Å². The molecular weight excluding hydrogens is 464 g/mol. The molecule has 34 heavy (non-hydrogen) atoms. The molecule has 1 fully saturated rings. The van der Waals surface area contributed by atoms with Crippen LogP contribution in [0.25, 0.3) is 0 Å². The molecule has 2 rings (SSSR count). The van der Waals surface area contributed by atoms with E-state index in [1.165, 1.54) is 6.07 Å². The van der Waals surface area contributed by atoms with E-state index in [9.17, 15) is 23.5 Å². The van der Waals surface area contributed by atoms with Gasteiger partial charge in [-0.2, -0.15) is 13.8 Å². The number of alkyl halides is 2. The lowest BCUT2D eigenvalue weighted by molar-refractivity contribution is -0.140. The highest BCUT2D eigenvalue weighted by molar-refractivity contribution is 6.74. The van der Waals surface area contributed by atoms with Crippen molar-refractivity contribution in [1.82, 2.24) is 9.55 Å². The molecule has 0 aromatic carbocycles. The molecule has 8 nitrogen and oxygen atoms in total. The highest BCUT2D eigenvalue weighted by Gasteiger charge is 2.60. The predicted molar refractivity (Wildman–Crippen MR) is 128 cm³/mol. The molecule has 1 saturated heterocycles. The molecule has 0 spiro atoms. The summed E-state index contributed by atoms with van der Waals surface area (Å²) in [6.07, 6.45) is -1.30. The van der Waals surface area contributed by atoms with Crippen LogP contribution in [-0.2, 0) is 14.0 Å². The Morgan fingerprint density at radius 2 is 1.91 bits per heavy atom. The monoisotopic (exact) mass is 503 g/mol. The van der Waals surface area contributed by atoms with Crippen LogP contribution in [0.2, 0.25) is 18.1 Å². The highest BCUT2D eigenvalue weighted by atomic mass is 28.4. The summed E-state index contributed by atoms with van der Waals surface area (Å²) in [5.74, 6) is -4.21. The van der Waals surface area contributed by atoms with Crippen LogP contribution in [0.5, 0.6) is 0 Å². The standard InChI is InChI=1S/C23H39F2N3O5Si/c1-8-10-15(11-9-2)19(30)26-17-12-13-28(21(31)27-17)20-23(24,25)18(29)16(33-20)14-32-34(6,7)22(3,4)5/h12-13,15-16,18,20,29H,8-11,14H2,1-7H3,(H,26,27,30,31)/t16-,18+,20-/m1/s1. The number of rotatable bonds is 10. The molecule has 11 heteroatoms. The molecule has 0 radical (unpaired) electrons. The van der Waals surface area contributed by atoms with Crippen LogP contribution in [0.4, 0.5) is 14.6 Å². The average molecular weight is 504 g/mol. The predicted octanol–water partition coefficient (Wildman–Crippen LogP) is 4.31. The molecule has 2 heterocycles. The van der Waals surface area contributed by atoms with E-state index >= 15 is 0 Å². The van der Waals surface area contributed by atoms with Gasteiger partial charge in [-0.05, 0) is 37.0 Å². The van der Waals surface area contributed by atoms with Gasteiger partial charge in [0, 0.05) is 12.1 Å². The summed E-state index contributed by atoms with van der Waals surface area (Å²) in [5, 5.41) is 12.7. The van der Waals surface area contributed by atoms with Gasteiger partial charge in [-0.15, -0.1) is 0 Å². The van der Waals surface area contributed by atoms with E-state index in [1.54, 1.807) is 0 Å². The van der Waals surface area contributed by atoms with Crippen molar-refractivity contribution in [2.24, 2.45) is 5.92 Å². The summed E-state index contributed by atoms with van der Waals surface area (Å²) in [5.41, 5.74) is -1.01. The minimum atomic E-state index is -3.73.